The van der Waals surface area contributed by atoms with Crippen LogP contribution in [0.2, 0.25) is 5.02 Å². The summed E-state index contributed by atoms with van der Waals surface area (Å²) >= 11 is 6.84. The Kier molecular flexibility index (Phi) is 7.24. The average Bonchev–Trinajstić information content (AvgIpc) is 3.08. The normalized spacial score (nSPS) is 17.3. The molecule has 2 N–H and O–H groups in total. The van der Waals surface area contributed by atoms with Gasteiger partial charge in [0.25, 0.3) is 5.91 Å². The van der Waals surface area contributed by atoms with Gasteiger partial charge in [-0.2, -0.15) is 18.4 Å². The van der Waals surface area contributed by atoms with E-state index in [1.54, 1.807) is 5.32 Å². The second-order valence-corrected chi connectivity index (χ2v) is 9.27. The molecule has 2 aromatic rings. The fraction of sp³-hybridized carbons (Fsp3) is 0.409. The Morgan fingerprint density at radius 1 is 1.36 bits per heavy atom. The second kappa shape index (κ2) is 9.61. The second-order valence-electron chi connectivity index (χ2n) is 7.73. The number of nitrogens with one attached hydrogen (secondary N) is 2. The Morgan fingerprint density at radius 3 is 2.70 bits per heavy atom. The van der Waals surface area contributed by atoms with Crippen LogP contribution in [0.1, 0.15) is 46.6 Å². The van der Waals surface area contributed by atoms with E-state index in [9.17, 15) is 28.0 Å². The summed E-state index contributed by atoms with van der Waals surface area (Å²) in [6.07, 6.45) is -3.35. The van der Waals surface area contributed by atoms with Crippen LogP contribution >= 0.6 is 22.9 Å². The number of alkyl halides is 3. The summed E-state index contributed by atoms with van der Waals surface area (Å²) in [5.74, 6) is -2.61. The fourth-order valence-corrected chi connectivity index (χ4v) is 5.24. The lowest BCUT2D eigenvalue weighted by Crippen LogP contribution is -2.69. The van der Waals surface area contributed by atoms with Crippen molar-refractivity contribution in [3.05, 3.63) is 50.9 Å². The Bertz CT molecular complexity index is 1110. The predicted octanol–water partition coefficient (Wildman–Crippen LogP) is 5.06. The highest BCUT2D eigenvalue weighted by atomic mass is 35.5. The van der Waals surface area contributed by atoms with Crippen LogP contribution in [0.3, 0.4) is 0 Å². The van der Waals surface area contributed by atoms with Gasteiger partial charge in [-0.25, -0.2) is 4.79 Å². The molecule has 0 saturated carbocycles. The Labute approximate surface area is 197 Å². The molecule has 0 spiro atoms. The van der Waals surface area contributed by atoms with Crippen molar-refractivity contribution in [2.75, 3.05) is 11.9 Å². The van der Waals surface area contributed by atoms with E-state index in [4.69, 9.17) is 16.3 Å². The molecule has 0 saturated heterocycles. The zero-order valence-corrected chi connectivity index (χ0v) is 19.4. The van der Waals surface area contributed by atoms with Gasteiger partial charge < -0.3 is 15.4 Å². The number of carbonyl (C=O) groups excluding carboxylic acids is 2. The number of ether oxygens (including phenoxy) is 1. The number of hydrogen-bond donors (Lipinski definition) is 2. The van der Waals surface area contributed by atoms with Gasteiger partial charge in [-0.3, -0.25) is 4.79 Å². The van der Waals surface area contributed by atoms with Gasteiger partial charge in [-0.1, -0.05) is 24.6 Å². The van der Waals surface area contributed by atoms with Crippen LogP contribution < -0.4 is 10.6 Å². The van der Waals surface area contributed by atoms with E-state index in [1.165, 1.54) is 31.2 Å². The fourth-order valence-electron chi connectivity index (χ4n) is 3.63. The first kappa shape index (κ1) is 24.9. The van der Waals surface area contributed by atoms with Crippen molar-refractivity contribution in [2.45, 2.75) is 44.9 Å². The lowest BCUT2D eigenvalue weighted by atomic mass is 9.88. The molecule has 33 heavy (non-hydrogen) atoms. The number of fused-ring (bicyclic) bond motifs is 1. The number of hydrogen-bond acceptors (Lipinski definition) is 6. The molecule has 176 valence electrons. The molecule has 2 unspecified atom stereocenters. The minimum absolute atomic E-state index is 0.0387. The van der Waals surface area contributed by atoms with Gasteiger partial charge in [0.2, 0.25) is 0 Å². The first-order valence-electron chi connectivity index (χ1n) is 10.2. The molecule has 0 aliphatic heterocycles. The minimum atomic E-state index is -5.31. The molecule has 1 heterocycles. The van der Waals surface area contributed by atoms with Crippen molar-refractivity contribution in [3.63, 3.8) is 0 Å². The largest absolute Gasteiger partial charge is 0.463 e. The average molecular weight is 500 g/mol. The van der Waals surface area contributed by atoms with Gasteiger partial charge >= 0.3 is 17.8 Å². The van der Waals surface area contributed by atoms with E-state index in [2.05, 4.69) is 5.32 Å². The Morgan fingerprint density at radius 2 is 2.09 bits per heavy atom. The lowest BCUT2D eigenvalue weighted by molar-refractivity contribution is -0.204. The molecule has 11 heteroatoms. The molecular weight excluding hydrogens is 479 g/mol. The lowest BCUT2D eigenvalue weighted by Gasteiger charge is -2.35. The van der Waals surface area contributed by atoms with E-state index in [0.29, 0.717) is 24.3 Å². The van der Waals surface area contributed by atoms with Crippen molar-refractivity contribution in [1.82, 2.24) is 5.32 Å². The summed E-state index contributed by atoms with van der Waals surface area (Å²) in [7, 11) is 0. The van der Waals surface area contributed by atoms with Crippen molar-refractivity contribution in [2.24, 2.45) is 5.92 Å². The van der Waals surface area contributed by atoms with Crippen molar-refractivity contribution >= 4 is 39.8 Å². The van der Waals surface area contributed by atoms with Crippen molar-refractivity contribution in [1.29, 1.82) is 5.26 Å². The summed E-state index contributed by atoms with van der Waals surface area (Å²) in [6, 6.07) is 7.24. The summed E-state index contributed by atoms with van der Waals surface area (Å²) < 4.78 is 48.2. The summed E-state index contributed by atoms with van der Waals surface area (Å²) in [4.78, 5) is 26.3. The van der Waals surface area contributed by atoms with Crippen LogP contribution in [0.5, 0.6) is 0 Å². The first-order valence-corrected chi connectivity index (χ1v) is 11.4. The monoisotopic (exact) mass is 499 g/mol. The quantitative estimate of drug-likeness (QED) is 0.428. The van der Waals surface area contributed by atoms with Crippen molar-refractivity contribution < 1.29 is 27.5 Å². The van der Waals surface area contributed by atoms with Gasteiger partial charge in [0.05, 0.1) is 12.2 Å². The van der Waals surface area contributed by atoms with Crippen molar-refractivity contribution in [3.8, 4) is 6.07 Å². The van der Waals surface area contributed by atoms with Crippen LogP contribution in [0.4, 0.5) is 18.2 Å². The van der Waals surface area contributed by atoms with E-state index < -0.39 is 23.7 Å². The number of halogens is 4. The molecule has 0 radical (unpaired) electrons. The molecule has 6 nitrogen and oxygen atoms in total. The number of benzene rings is 1. The predicted molar refractivity (Wildman–Crippen MR) is 118 cm³/mol. The third-order valence-corrected chi connectivity index (χ3v) is 6.72. The maximum atomic E-state index is 14.5. The number of amides is 1. The molecule has 1 amide bonds. The maximum Gasteiger partial charge on any atom is 0.441 e. The van der Waals surface area contributed by atoms with Gasteiger partial charge in [0.1, 0.15) is 11.1 Å². The third kappa shape index (κ3) is 4.94. The number of nitrogens with zero attached hydrogens (tertiary/aromatic N) is 1. The molecule has 1 aliphatic rings. The summed E-state index contributed by atoms with van der Waals surface area (Å²) in [5, 5.41) is 13.6. The maximum absolute atomic E-state index is 14.5. The van der Waals surface area contributed by atoms with Crippen LogP contribution in [0.25, 0.3) is 0 Å². The van der Waals surface area contributed by atoms with Crippen LogP contribution in [0.15, 0.2) is 24.3 Å². The summed E-state index contributed by atoms with van der Waals surface area (Å²) in [5.41, 5.74) is -3.09. The molecule has 1 aromatic carbocycles. The molecule has 0 bridgehead atoms. The van der Waals surface area contributed by atoms with Gasteiger partial charge in [-0.15, -0.1) is 11.3 Å². The van der Waals surface area contributed by atoms with E-state index in [1.807, 2.05) is 13.0 Å². The number of nitriles is 1. The minimum Gasteiger partial charge on any atom is -0.463 e. The SMILES string of the molecule is CCOC(=O)C(NC(=O)c1cccc(Cl)c1)(Nc1sc2c(c1C#N)CCC(C)C2)C(F)(F)F. The topological polar surface area (TPSA) is 91.2 Å². The number of rotatable bonds is 6. The zero-order valence-electron chi connectivity index (χ0n) is 17.8. The van der Waals surface area contributed by atoms with E-state index in [-0.39, 0.29) is 27.8 Å². The third-order valence-electron chi connectivity index (χ3n) is 5.32. The molecular formula is C22H21ClF3N3O3S. The summed E-state index contributed by atoms with van der Waals surface area (Å²) in [6.45, 7) is 3.02. The number of anilines is 1. The number of carbonyl (C=O) groups is 2. The molecule has 1 aromatic heterocycles. The standard InChI is InChI=1S/C22H21ClF3N3O3S/c1-3-32-20(31)21(22(24,25)26,28-18(30)13-5-4-6-14(23)10-13)29-19-16(11-27)15-8-7-12(2)9-17(15)33-19/h4-6,10,12,29H,3,7-9H2,1-2H3,(H,28,30). The molecule has 2 atom stereocenters. The van der Waals surface area contributed by atoms with Crippen LogP contribution in [-0.4, -0.2) is 30.3 Å². The van der Waals surface area contributed by atoms with Gasteiger partial charge in [-0.05, 0) is 55.9 Å². The van der Waals surface area contributed by atoms with Crippen LogP contribution in [0, 0.1) is 17.2 Å². The van der Waals surface area contributed by atoms with E-state index >= 15 is 0 Å². The Balaban J connectivity index is 2.10. The first-order chi connectivity index (χ1) is 15.5. The van der Waals surface area contributed by atoms with Gasteiger partial charge in [0, 0.05) is 15.5 Å². The van der Waals surface area contributed by atoms with E-state index in [0.717, 1.165) is 22.6 Å². The number of thiophene rings is 1. The highest BCUT2D eigenvalue weighted by Gasteiger charge is 2.64. The van der Waals surface area contributed by atoms with Gasteiger partial charge in [0.15, 0.2) is 0 Å². The zero-order chi connectivity index (χ0) is 24.4. The smallest absolute Gasteiger partial charge is 0.441 e. The Hall–Kier alpha value is -2.77. The molecule has 1 aliphatic carbocycles. The highest BCUT2D eigenvalue weighted by molar-refractivity contribution is 7.16. The highest BCUT2D eigenvalue weighted by Crippen LogP contribution is 2.42. The molecule has 3 rings (SSSR count). The number of esters is 1. The van der Waals surface area contributed by atoms with Crippen LogP contribution in [-0.2, 0) is 22.4 Å². The molecule has 0 fully saturated rings.